The molecule has 128 valence electrons. The van der Waals surface area contributed by atoms with Crippen LogP contribution in [0.4, 0.5) is 0 Å². The van der Waals surface area contributed by atoms with Crippen molar-refractivity contribution in [2.24, 2.45) is 0 Å². The smallest absolute Gasteiger partial charge is 0.241 e. The highest BCUT2D eigenvalue weighted by molar-refractivity contribution is 5.67. The fourth-order valence-electron chi connectivity index (χ4n) is 3.27. The van der Waals surface area contributed by atoms with Crippen LogP contribution in [-0.4, -0.2) is 22.9 Å². The van der Waals surface area contributed by atoms with Gasteiger partial charge >= 0.3 is 0 Å². The molecule has 4 heteroatoms. The number of benzene rings is 2. The third-order valence-corrected chi connectivity index (χ3v) is 4.65. The zero-order valence-corrected chi connectivity index (χ0v) is 14.3. The van der Waals surface area contributed by atoms with Gasteiger partial charge in [-0.15, -0.1) is 5.10 Å². The molecule has 25 heavy (non-hydrogen) atoms. The van der Waals surface area contributed by atoms with Crippen LogP contribution in [0.5, 0.6) is 5.88 Å². The lowest BCUT2D eigenvalue weighted by Crippen LogP contribution is -2.31. The summed E-state index contributed by atoms with van der Waals surface area (Å²) in [5.41, 5.74) is 3.35. The maximum absolute atomic E-state index is 6.10. The van der Waals surface area contributed by atoms with Gasteiger partial charge in [-0.25, -0.2) is 0 Å². The van der Waals surface area contributed by atoms with Crippen LogP contribution in [0.25, 0.3) is 11.1 Å². The Labute approximate surface area is 148 Å². The first-order valence-corrected chi connectivity index (χ1v) is 8.92. The molecule has 2 heterocycles. The maximum atomic E-state index is 6.10. The van der Waals surface area contributed by atoms with Gasteiger partial charge in [-0.3, -0.25) is 4.68 Å². The number of ether oxygens (including phenoxy) is 1. The molecule has 4 rings (SSSR count). The second kappa shape index (κ2) is 7.53. The number of nitrogens with one attached hydrogen (secondary N) is 1. The van der Waals surface area contributed by atoms with E-state index in [1.165, 1.54) is 6.42 Å². The van der Waals surface area contributed by atoms with E-state index in [9.17, 15) is 0 Å². The van der Waals surface area contributed by atoms with Gasteiger partial charge in [0.05, 0.1) is 11.6 Å². The molecule has 0 spiro atoms. The van der Waals surface area contributed by atoms with Gasteiger partial charge in [-0.2, -0.15) is 0 Å². The summed E-state index contributed by atoms with van der Waals surface area (Å²) in [7, 11) is 0. The lowest BCUT2D eigenvalue weighted by molar-refractivity contribution is 0.280. The van der Waals surface area contributed by atoms with Crippen molar-refractivity contribution in [3.05, 3.63) is 72.4 Å². The van der Waals surface area contributed by atoms with Gasteiger partial charge in [-0.05, 0) is 30.5 Å². The van der Waals surface area contributed by atoms with Gasteiger partial charge in [0.1, 0.15) is 6.61 Å². The van der Waals surface area contributed by atoms with E-state index < -0.39 is 0 Å². The van der Waals surface area contributed by atoms with E-state index in [-0.39, 0.29) is 0 Å². The minimum absolute atomic E-state index is 0.394. The van der Waals surface area contributed by atoms with E-state index in [2.05, 4.69) is 52.6 Å². The first-order chi connectivity index (χ1) is 12.4. The Kier molecular flexibility index (Phi) is 4.79. The third kappa shape index (κ3) is 3.74. The number of nitrogens with zero attached hydrogens (tertiary/aromatic N) is 2. The zero-order chi connectivity index (χ0) is 16.9. The quantitative estimate of drug-likeness (QED) is 0.765. The highest BCUT2D eigenvalue weighted by atomic mass is 16.5. The highest BCUT2D eigenvalue weighted by Crippen LogP contribution is 2.31. The first kappa shape index (κ1) is 15.9. The SMILES string of the molecule is c1ccc(COc2nn(C3CCCNC3)cc2-c2ccccc2)cc1. The average molecular weight is 333 g/mol. The van der Waals surface area contributed by atoms with Crippen LogP contribution in [0.15, 0.2) is 66.9 Å². The normalized spacial score (nSPS) is 17.4. The number of hydrogen-bond acceptors (Lipinski definition) is 3. The Bertz CT molecular complexity index is 793. The maximum Gasteiger partial charge on any atom is 0.241 e. The van der Waals surface area contributed by atoms with Gasteiger partial charge < -0.3 is 10.1 Å². The largest absolute Gasteiger partial charge is 0.471 e. The molecule has 1 aromatic heterocycles. The summed E-state index contributed by atoms with van der Waals surface area (Å²) in [5, 5.41) is 8.24. The molecule has 1 atom stereocenters. The van der Waals surface area contributed by atoms with Gasteiger partial charge in [0.15, 0.2) is 0 Å². The van der Waals surface area contributed by atoms with Crippen molar-refractivity contribution in [1.29, 1.82) is 0 Å². The molecular formula is C21H23N3O. The molecule has 1 saturated heterocycles. The molecule has 0 radical (unpaired) electrons. The van der Waals surface area contributed by atoms with Crippen molar-refractivity contribution >= 4 is 0 Å². The first-order valence-electron chi connectivity index (χ1n) is 8.92. The Morgan fingerprint density at radius 3 is 2.52 bits per heavy atom. The standard InChI is InChI=1S/C21H23N3O/c1-3-8-17(9-4-1)16-25-21-20(18-10-5-2-6-11-18)15-24(23-21)19-12-7-13-22-14-19/h1-6,8-11,15,19,22H,7,12-14,16H2. The Balaban J connectivity index is 1.62. The minimum atomic E-state index is 0.394. The molecule has 1 N–H and O–H groups in total. The molecule has 0 amide bonds. The van der Waals surface area contributed by atoms with Crippen LogP contribution in [0.1, 0.15) is 24.4 Å². The molecule has 3 aromatic rings. The molecule has 4 nitrogen and oxygen atoms in total. The molecule has 1 fully saturated rings. The Morgan fingerprint density at radius 2 is 1.80 bits per heavy atom. The molecule has 1 aliphatic rings. The fourth-order valence-corrected chi connectivity index (χ4v) is 3.27. The van der Waals surface area contributed by atoms with Crippen LogP contribution in [-0.2, 0) is 6.61 Å². The molecule has 1 aliphatic heterocycles. The summed E-state index contributed by atoms with van der Waals surface area (Å²) in [6.07, 6.45) is 4.47. The zero-order valence-electron chi connectivity index (χ0n) is 14.3. The topological polar surface area (TPSA) is 39.1 Å². The van der Waals surface area contributed by atoms with Gasteiger partial charge in [0.25, 0.3) is 0 Å². The van der Waals surface area contributed by atoms with Crippen molar-refractivity contribution in [1.82, 2.24) is 15.1 Å². The fraction of sp³-hybridized carbons (Fsp3) is 0.286. The van der Waals surface area contributed by atoms with Crippen molar-refractivity contribution < 1.29 is 4.74 Å². The van der Waals surface area contributed by atoms with Crippen molar-refractivity contribution in [2.45, 2.75) is 25.5 Å². The average Bonchev–Trinajstić information content (AvgIpc) is 3.13. The van der Waals surface area contributed by atoms with Crippen molar-refractivity contribution in [3.63, 3.8) is 0 Å². The summed E-state index contributed by atoms with van der Waals surface area (Å²) < 4.78 is 8.17. The summed E-state index contributed by atoms with van der Waals surface area (Å²) in [6.45, 7) is 2.59. The molecule has 0 aliphatic carbocycles. The number of aromatic nitrogens is 2. The minimum Gasteiger partial charge on any atom is -0.471 e. The molecule has 0 saturated carbocycles. The van der Waals surface area contributed by atoms with Crippen molar-refractivity contribution in [3.8, 4) is 17.0 Å². The van der Waals surface area contributed by atoms with E-state index in [1.54, 1.807) is 0 Å². The van der Waals surface area contributed by atoms with E-state index in [4.69, 9.17) is 9.84 Å². The van der Waals surface area contributed by atoms with Crippen LogP contribution in [0, 0.1) is 0 Å². The molecule has 0 bridgehead atoms. The van der Waals surface area contributed by atoms with E-state index in [0.717, 1.165) is 36.2 Å². The molecule has 1 unspecified atom stereocenters. The summed E-state index contributed by atoms with van der Waals surface area (Å²) in [5.74, 6) is 0.709. The lowest BCUT2D eigenvalue weighted by atomic mass is 10.1. The van der Waals surface area contributed by atoms with Crippen LogP contribution in [0.3, 0.4) is 0 Å². The predicted octanol–water partition coefficient (Wildman–Crippen LogP) is 4.05. The van der Waals surface area contributed by atoms with Crippen LogP contribution in [0.2, 0.25) is 0 Å². The van der Waals surface area contributed by atoms with Crippen LogP contribution < -0.4 is 10.1 Å². The third-order valence-electron chi connectivity index (χ3n) is 4.65. The second-order valence-corrected chi connectivity index (χ2v) is 6.47. The Hall–Kier alpha value is -2.59. The predicted molar refractivity (Wildman–Crippen MR) is 99.6 cm³/mol. The Morgan fingerprint density at radius 1 is 1.04 bits per heavy atom. The molecule has 2 aromatic carbocycles. The number of hydrogen-bond donors (Lipinski definition) is 1. The van der Waals surface area contributed by atoms with Crippen LogP contribution >= 0.6 is 0 Å². The van der Waals surface area contributed by atoms with E-state index in [1.807, 2.05) is 24.3 Å². The molecular weight excluding hydrogens is 310 g/mol. The van der Waals surface area contributed by atoms with E-state index >= 15 is 0 Å². The second-order valence-electron chi connectivity index (χ2n) is 6.47. The van der Waals surface area contributed by atoms with Gasteiger partial charge in [0.2, 0.25) is 5.88 Å². The summed E-state index contributed by atoms with van der Waals surface area (Å²) in [6, 6.07) is 21.0. The number of piperidine rings is 1. The summed E-state index contributed by atoms with van der Waals surface area (Å²) >= 11 is 0. The van der Waals surface area contributed by atoms with Gasteiger partial charge in [0, 0.05) is 12.7 Å². The lowest BCUT2D eigenvalue weighted by Gasteiger charge is -2.22. The highest BCUT2D eigenvalue weighted by Gasteiger charge is 2.20. The monoisotopic (exact) mass is 333 g/mol. The van der Waals surface area contributed by atoms with Crippen molar-refractivity contribution in [2.75, 3.05) is 13.1 Å². The summed E-state index contributed by atoms with van der Waals surface area (Å²) in [4.78, 5) is 0. The van der Waals surface area contributed by atoms with Gasteiger partial charge in [-0.1, -0.05) is 60.7 Å². The number of rotatable bonds is 5. The van der Waals surface area contributed by atoms with E-state index in [0.29, 0.717) is 18.5 Å².